The fourth-order valence-electron chi connectivity index (χ4n) is 2.41. The summed E-state index contributed by atoms with van der Waals surface area (Å²) in [5.74, 6) is 0. The third kappa shape index (κ3) is 7.14. The molecule has 0 radical (unpaired) electrons. The number of nitrogens with zero attached hydrogens (tertiary/aromatic N) is 1. The van der Waals surface area contributed by atoms with Gasteiger partial charge in [0.25, 0.3) is 0 Å². The molecule has 12 heteroatoms. The van der Waals surface area contributed by atoms with E-state index in [2.05, 4.69) is 46.8 Å². The zero-order valence-corrected chi connectivity index (χ0v) is 17.5. The molecule has 6 nitrogen and oxygen atoms in total. The van der Waals surface area contributed by atoms with Crippen molar-refractivity contribution in [2.45, 2.75) is 17.5 Å². The van der Waals surface area contributed by atoms with E-state index in [9.17, 15) is 30.4 Å². The molecule has 0 amide bonds. The number of anilines is 3. The van der Waals surface area contributed by atoms with Crippen LogP contribution in [0.2, 0.25) is 0 Å². The van der Waals surface area contributed by atoms with Gasteiger partial charge in [0.1, 0.15) is 0 Å². The van der Waals surface area contributed by atoms with Gasteiger partial charge in [-0.3, -0.25) is 15.0 Å². The van der Waals surface area contributed by atoms with Crippen LogP contribution in [0.4, 0.5) is 39.0 Å². The van der Waals surface area contributed by atoms with Crippen LogP contribution in [0.5, 0.6) is 0 Å². The average Bonchev–Trinajstić information content (AvgIpc) is 2.78. The van der Waals surface area contributed by atoms with Gasteiger partial charge in [-0.1, -0.05) is 54.6 Å². The quantitative estimate of drug-likeness (QED) is 0.249. The van der Waals surface area contributed by atoms with Crippen LogP contribution in [0, 0.1) is 0 Å². The fraction of sp³-hybridized carbons (Fsp3) is 0.143. The van der Waals surface area contributed by atoms with Crippen molar-refractivity contribution in [1.82, 2.24) is 0 Å². The van der Waals surface area contributed by atoms with E-state index in [1.807, 2.05) is 54.6 Å². The smallest absolute Gasteiger partial charge is 0.378 e. The van der Waals surface area contributed by atoms with Crippen molar-refractivity contribution in [3.8, 4) is 0 Å². The third-order valence-electron chi connectivity index (χ3n) is 4.02. The van der Waals surface area contributed by atoms with E-state index in [-0.39, 0.29) is 0 Å². The fourth-order valence-corrected chi connectivity index (χ4v) is 2.82. The maximum atomic E-state index is 12.0. The van der Waals surface area contributed by atoms with Crippen molar-refractivity contribution in [2.24, 2.45) is 0 Å². The Morgan fingerprint density at radius 2 is 1.09 bits per heavy atom. The lowest BCUT2D eigenvalue weighted by molar-refractivity contribution is -0.248. The van der Waals surface area contributed by atoms with Gasteiger partial charge in [0.05, 0.1) is 17.1 Å². The predicted octanol–water partition coefficient (Wildman–Crippen LogP) is 5.24. The summed E-state index contributed by atoms with van der Waals surface area (Å²) in [6.07, 6.45) is -10.3. The number of para-hydroxylation sites is 3. The highest BCUT2D eigenvalue weighted by molar-refractivity contribution is 7.86. The number of alkyl halides is 5. The van der Waals surface area contributed by atoms with Crippen molar-refractivity contribution < 1.29 is 40.0 Å². The number of aliphatic hydroxyl groups excluding tert-OH is 1. The molecular weight excluding hydrogens is 471 g/mol. The lowest BCUT2D eigenvalue weighted by Crippen LogP contribution is -2.49. The van der Waals surface area contributed by atoms with Gasteiger partial charge in [-0.25, -0.2) is 0 Å². The molecule has 3 aromatic rings. The molecule has 0 aromatic heterocycles. The SMILES string of the molecule is O=S(=O)(O)C(F)(F)C(O)C(F)(F)F.c1ccc(NN(c2ccccc2)c2ccccc2)cc1. The number of nitrogens with one attached hydrogen (secondary N) is 1. The van der Waals surface area contributed by atoms with Crippen LogP contribution in [0.3, 0.4) is 0 Å². The summed E-state index contributed by atoms with van der Waals surface area (Å²) < 4.78 is 85.1. The highest BCUT2D eigenvalue weighted by Gasteiger charge is 2.62. The van der Waals surface area contributed by atoms with Gasteiger partial charge >= 0.3 is 21.5 Å². The molecule has 33 heavy (non-hydrogen) atoms. The van der Waals surface area contributed by atoms with Crippen molar-refractivity contribution >= 4 is 27.2 Å². The minimum absolute atomic E-state index is 1.06. The zero-order valence-electron chi connectivity index (χ0n) is 16.7. The van der Waals surface area contributed by atoms with E-state index >= 15 is 0 Å². The van der Waals surface area contributed by atoms with E-state index in [1.54, 1.807) is 0 Å². The third-order valence-corrected chi connectivity index (χ3v) is 4.93. The second kappa shape index (κ2) is 10.6. The van der Waals surface area contributed by atoms with Crippen molar-refractivity contribution in [3.63, 3.8) is 0 Å². The number of hydrogen-bond acceptors (Lipinski definition) is 5. The van der Waals surface area contributed by atoms with E-state index < -0.39 is 27.7 Å². The van der Waals surface area contributed by atoms with E-state index in [0.717, 1.165) is 17.1 Å². The molecule has 0 bridgehead atoms. The Kier molecular flexibility index (Phi) is 8.36. The highest BCUT2D eigenvalue weighted by Crippen LogP contribution is 2.35. The van der Waals surface area contributed by atoms with Gasteiger partial charge in [0.15, 0.2) is 0 Å². The molecule has 0 saturated heterocycles. The Hall–Kier alpha value is -3.22. The summed E-state index contributed by atoms with van der Waals surface area (Å²) in [5, 5.41) is 4.25. The minimum Gasteiger partial charge on any atom is -0.378 e. The number of rotatable bonds is 6. The summed E-state index contributed by atoms with van der Waals surface area (Å²) in [4.78, 5) is 0. The summed E-state index contributed by atoms with van der Waals surface area (Å²) in [6, 6.07) is 30.7. The second-order valence-electron chi connectivity index (χ2n) is 6.47. The molecule has 178 valence electrons. The molecule has 0 heterocycles. The topological polar surface area (TPSA) is 89.9 Å². The number of aliphatic hydroxyl groups is 1. The molecular formula is C21H19F5N2O4S. The molecule has 3 rings (SSSR count). The van der Waals surface area contributed by atoms with Gasteiger partial charge in [0, 0.05) is 0 Å². The molecule has 0 aliphatic carbocycles. The zero-order chi connectivity index (χ0) is 24.7. The highest BCUT2D eigenvalue weighted by atomic mass is 32.2. The van der Waals surface area contributed by atoms with Crippen LogP contribution < -0.4 is 10.4 Å². The number of halogens is 5. The molecule has 1 atom stereocenters. The largest absolute Gasteiger partial charge is 0.421 e. The Labute approximate surface area is 186 Å². The Bertz CT molecular complexity index is 1060. The van der Waals surface area contributed by atoms with Crippen LogP contribution in [-0.2, 0) is 10.1 Å². The van der Waals surface area contributed by atoms with E-state index in [4.69, 9.17) is 9.66 Å². The predicted molar refractivity (Wildman–Crippen MR) is 114 cm³/mol. The lowest BCUT2D eigenvalue weighted by atomic mass is 10.2. The van der Waals surface area contributed by atoms with Gasteiger partial charge < -0.3 is 5.11 Å². The van der Waals surface area contributed by atoms with Crippen molar-refractivity contribution in [2.75, 3.05) is 10.4 Å². The Morgan fingerprint density at radius 3 is 1.39 bits per heavy atom. The van der Waals surface area contributed by atoms with E-state index in [1.165, 1.54) is 0 Å². The summed E-state index contributed by atoms with van der Waals surface area (Å²) in [6.45, 7) is 0. The summed E-state index contributed by atoms with van der Waals surface area (Å²) >= 11 is 0. The van der Waals surface area contributed by atoms with Crippen LogP contribution in [0.1, 0.15) is 0 Å². The summed E-state index contributed by atoms with van der Waals surface area (Å²) in [5.41, 5.74) is 6.70. The van der Waals surface area contributed by atoms with Gasteiger partial charge in [-0.15, -0.1) is 0 Å². The first-order chi connectivity index (χ1) is 15.3. The van der Waals surface area contributed by atoms with Gasteiger partial charge in [-0.05, 0) is 36.4 Å². The standard InChI is InChI=1S/C18H16N2.C3H3F5O4S/c1-4-10-16(11-5-1)19-20(17-12-6-2-7-13-17)18-14-8-3-9-15-18;4-2(5,6)1(9)3(7,8)13(10,11)12/h1-15,19H;1,9H,(H,10,11,12). The molecule has 1 unspecified atom stereocenters. The Morgan fingerprint density at radius 1 is 0.727 bits per heavy atom. The van der Waals surface area contributed by atoms with Crippen LogP contribution in [-0.4, -0.2) is 35.6 Å². The number of hydrogen-bond donors (Lipinski definition) is 3. The van der Waals surface area contributed by atoms with Crippen molar-refractivity contribution in [1.29, 1.82) is 0 Å². The van der Waals surface area contributed by atoms with Crippen LogP contribution in [0.25, 0.3) is 0 Å². The first kappa shape index (κ1) is 26.0. The lowest BCUT2D eigenvalue weighted by Gasteiger charge is -2.26. The van der Waals surface area contributed by atoms with Gasteiger partial charge in [0.2, 0.25) is 6.10 Å². The molecule has 0 aliphatic rings. The van der Waals surface area contributed by atoms with Crippen LogP contribution >= 0.6 is 0 Å². The monoisotopic (exact) mass is 490 g/mol. The average molecular weight is 490 g/mol. The minimum atomic E-state index is -6.29. The van der Waals surface area contributed by atoms with Gasteiger partial charge in [-0.2, -0.15) is 30.4 Å². The van der Waals surface area contributed by atoms with E-state index in [0.29, 0.717) is 0 Å². The number of benzene rings is 3. The molecule has 3 N–H and O–H groups in total. The number of hydrazine groups is 1. The van der Waals surface area contributed by atoms with Crippen LogP contribution in [0.15, 0.2) is 91.0 Å². The first-order valence-electron chi connectivity index (χ1n) is 9.15. The second-order valence-corrected chi connectivity index (χ2v) is 7.96. The first-order valence-corrected chi connectivity index (χ1v) is 10.6. The normalized spacial score (nSPS) is 12.8. The van der Waals surface area contributed by atoms with Crippen molar-refractivity contribution in [3.05, 3.63) is 91.0 Å². The molecule has 0 aliphatic heterocycles. The summed E-state index contributed by atoms with van der Waals surface area (Å²) in [7, 11) is -6.29. The molecule has 0 fully saturated rings. The molecule has 0 saturated carbocycles. The molecule has 0 spiro atoms. The maximum Gasteiger partial charge on any atom is 0.421 e. The Balaban J connectivity index is 0.000000260. The molecule has 3 aromatic carbocycles. The maximum absolute atomic E-state index is 12.0.